The highest BCUT2D eigenvalue weighted by atomic mass is 16.6. The van der Waals surface area contributed by atoms with Crippen LogP contribution in [0, 0.1) is 10.1 Å². The number of carboxylic acids is 1. The number of hydrogen-bond donors (Lipinski definition) is 2. The van der Waals surface area contributed by atoms with Crippen LogP contribution in [0.4, 0.5) is 5.69 Å². The molecule has 2 N–H and O–H groups in total. The van der Waals surface area contributed by atoms with Crippen molar-refractivity contribution >= 4 is 17.6 Å². The van der Waals surface area contributed by atoms with Crippen molar-refractivity contribution in [3.05, 3.63) is 22.0 Å². The van der Waals surface area contributed by atoms with Gasteiger partial charge in [-0.3, -0.25) is 19.6 Å². The molecule has 98 valence electrons. The first kappa shape index (κ1) is 13.6. The summed E-state index contributed by atoms with van der Waals surface area (Å²) in [5.41, 5.74) is -1.31. The van der Waals surface area contributed by atoms with Gasteiger partial charge in [-0.05, 0) is 6.42 Å². The Balaban J connectivity index is 2.85. The maximum Gasteiger partial charge on any atom is 0.363 e. The molecular formula is C9H12N4O5. The SMILES string of the molecule is CCCNC(=O)Cn1cc([N+](=O)[O-])c(C(=O)O)n1. The molecule has 1 amide bonds. The number of amides is 1. The molecule has 9 nitrogen and oxygen atoms in total. The van der Waals surface area contributed by atoms with Gasteiger partial charge in [0, 0.05) is 6.54 Å². The van der Waals surface area contributed by atoms with Gasteiger partial charge in [0.25, 0.3) is 0 Å². The van der Waals surface area contributed by atoms with Crippen LogP contribution in [-0.4, -0.2) is 38.2 Å². The molecule has 18 heavy (non-hydrogen) atoms. The second kappa shape index (κ2) is 5.75. The van der Waals surface area contributed by atoms with E-state index < -0.39 is 22.3 Å². The van der Waals surface area contributed by atoms with Crippen LogP contribution in [-0.2, 0) is 11.3 Å². The van der Waals surface area contributed by atoms with Crippen molar-refractivity contribution < 1.29 is 19.6 Å². The molecule has 1 aromatic rings. The fourth-order valence-corrected chi connectivity index (χ4v) is 1.25. The van der Waals surface area contributed by atoms with Gasteiger partial charge in [-0.25, -0.2) is 4.79 Å². The van der Waals surface area contributed by atoms with Crippen LogP contribution in [0.2, 0.25) is 0 Å². The van der Waals surface area contributed by atoms with E-state index in [0.29, 0.717) is 6.54 Å². The fourth-order valence-electron chi connectivity index (χ4n) is 1.25. The number of nitrogens with one attached hydrogen (secondary N) is 1. The van der Waals surface area contributed by atoms with Crippen molar-refractivity contribution in [3.8, 4) is 0 Å². The molecule has 1 rings (SSSR count). The van der Waals surface area contributed by atoms with Gasteiger partial charge in [-0.2, -0.15) is 5.10 Å². The van der Waals surface area contributed by atoms with Crippen molar-refractivity contribution in [2.24, 2.45) is 0 Å². The molecule has 0 saturated carbocycles. The van der Waals surface area contributed by atoms with Crippen molar-refractivity contribution in [2.75, 3.05) is 6.54 Å². The summed E-state index contributed by atoms with van der Waals surface area (Å²) in [7, 11) is 0. The van der Waals surface area contributed by atoms with Crippen LogP contribution < -0.4 is 5.32 Å². The largest absolute Gasteiger partial charge is 0.476 e. The van der Waals surface area contributed by atoms with Crippen molar-refractivity contribution in [2.45, 2.75) is 19.9 Å². The summed E-state index contributed by atoms with van der Waals surface area (Å²) >= 11 is 0. The van der Waals surface area contributed by atoms with Crippen molar-refractivity contribution in [1.29, 1.82) is 0 Å². The number of nitrogens with zero attached hydrogens (tertiary/aromatic N) is 3. The van der Waals surface area contributed by atoms with E-state index in [4.69, 9.17) is 5.11 Å². The lowest BCUT2D eigenvalue weighted by atomic mass is 10.4. The molecule has 9 heteroatoms. The minimum Gasteiger partial charge on any atom is -0.476 e. The van der Waals surface area contributed by atoms with E-state index >= 15 is 0 Å². The first-order valence-electron chi connectivity index (χ1n) is 5.17. The van der Waals surface area contributed by atoms with Gasteiger partial charge in [0.05, 0.1) is 4.92 Å². The number of nitro groups is 1. The second-order valence-corrected chi connectivity index (χ2v) is 3.47. The molecule has 1 heterocycles. The summed E-state index contributed by atoms with van der Waals surface area (Å²) in [4.78, 5) is 31.8. The Morgan fingerprint density at radius 1 is 1.61 bits per heavy atom. The Hall–Kier alpha value is -2.45. The molecule has 0 unspecified atom stereocenters. The van der Waals surface area contributed by atoms with Crippen LogP contribution in [0.3, 0.4) is 0 Å². The molecule has 1 aromatic heterocycles. The second-order valence-electron chi connectivity index (χ2n) is 3.47. The van der Waals surface area contributed by atoms with Gasteiger partial charge >= 0.3 is 11.7 Å². The number of carboxylic acid groups (broad SMARTS) is 1. The van der Waals surface area contributed by atoms with E-state index in [1.807, 2.05) is 6.92 Å². The third kappa shape index (κ3) is 3.27. The van der Waals surface area contributed by atoms with E-state index in [2.05, 4.69) is 10.4 Å². The first-order chi connectivity index (χ1) is 8.45. The van der Waals surface area contributed by atoms with Crippen LogP contribution in [0.5, 0.6) is 0 Å². The number of carbonyl (C=O) groups excluding carboxylic acids is 1. The van der Waals surface area contributed by atoms with Gasteiger partial charge in [-0.1, -0.05) is 6.92 Å². The summed E-state index contributed by atoms with van der Waals surface area (Å²) < 4.78 is 0.937. The predicted octanol–water partition coefficient (Wildman–Crippen LogP) is 0.0157. The van der Waals surface area contributed by atoms with E-state index in [1.54, 1.807) is 0 Å². The van der Waals surface area contributed by atoms with Crippen LogP contribution >= 0.6 is 0 Å². The normalized spacial score (nSPS) is 10.1. The minimum absolute atomic E-state index is 0.256. The van der Waals surface area contributed by atoms with E-state index in [1.165, 1.54) is 0 Å². The number of rotatable bonds is 6. The van der Waals surface area contributed by atoms with Crippen LogP contribution in [0.25, 0.3) is 0 Å². The zero-order valence-electron chi connectivity index (χ0n) is 9.62. The number of carbonyl (C=O) groups is 2. The van der Waals surface area contributed by atoms with E-state index in [9.17, 15) is 19.7 Å². The summed E-state index contributed by atoms with van der Waals surface area (Å²) in [6.45, 7) is 2.10. The lowest BCUT2D eigenvalue weighted by molar-refractivity contribution is -0.385. The minimum atomic E-state index is -1.51. The van der Waals surface area contributed by atoms with Gasteiger partial charge < -0.3 is 10.4 Å². The predicted molar refractivity (Wildman–Crippen MR) is 59.1 cm³/mol. The molecule has 0 aliphatic carbocycles. The summed E-state index contributed by atoms with van der Waals surface area (Å²) in [5.74, 6) is -1.89. The summed E-state index contributed by atoms with van der Waals surface area (Å²) in [6.07, 6.45) is 1.68. The standard InChI is InChI=1S/C9H12N4O5/c1-2-3-10-7(14)5-12-4-6(13(17)18)8(11-12)9(15)16/h4H,2-3,5H2,1H3,(H,10,14)(H,15,16). The Bertz CT molecular complexity index is 450. The Kier molecular flexibility index (Phi) is 4.35. The highest BCUT2D eigenvalue weighted by Gasteiger charge is 2.25. The molecule has 0 saturated heterocycles. The quantitative estimate of drug-likeness (QED) is 0.545. The summed E-state index contributed by atoms with van der Waals surface area (Å²) in [5, 5.41) is 25.4. The molecule has 0 aliphatic heterocycles. The average Bonchev–Trinajstić information content (AvgIpc) is 2.70. The van der Waals surface area contributed by atoms with E-state index in [-0.39, 0.29) is 12.5 Å². The van der Waals surface area contributed by atoms with Crippen LogP contribution in [0.1, 0.15) is 23.8 Å². The monoisotopic (exact) mass is 256 g/mol. The smallest absolute Gasteiger partial charge is 0.363 e. The van der Waals surface area contributed by atoms with Gasteiger partial charge in [0.1, 0.15) is 12.7 Å². The van der Waals surface area contributed by atoms with E-state index in [0.717, 1.165) is 17.3 Å². The van der Waals surface area contributed by atoms with Gasteiger partial charge in [0.2, 0.25) is 11.6 Å². The number of hydrogen-bond acceptors (Lipinski definition) is 5. The highest BCUT2D eigenvalue weighted by molar-refractivity contribution is 5.90. The maximum absolute atomic E-state index is 11.3. The lowest BCUT2D eigenvalue weighted by Crippen LogP contribution is -2.28. The Morgan fingerprint density at radius 2 is 2.28 bits per heavy atom. The zero-order valence-corrected chi connectivity index (χ0v) is 9.62. The van der Waals surface area contributed by atoms with Gasteiger partial charge in [-0.15, -0.1) is 0 Å². The third-order valence-electron chi connectivity index (χ3n) is 2.02. The molecule has 0 aliphatic rings. The van der Waals surface area contributed by atoms with Gasteiger partial charge in [0.15, 0.2) is 0 Å². The molecule has 0 atom stereocenters. The molecular weight excluding hydrogens is 244 g/mol. The van der Waals surface area contributed by atoms with Crippen molar-refractivity contribution in [3.63, 3.8) is 0 Å². The first-order valence-corrected chi connectivity index (χ1v) is 5.17. The molecule has 0 radical (unpaired) electrons. The molecule has 0 bridgehead atoms. The Labute approximate surface area is 102 Å². The maximum atomic E-state index is 11.3. The Morgan fingerprint density at radius 3 is 2.72 bits per heavy atom. The molecule has 0 spiro atoms. The topological polar surface area (TPSA) is 127 Å². The zero-order chi connectivity index (χ0) is 13.7. The van der Waals surface area contributed by atoms with Crippen molar-refractivity contribution in [1.82, 2.24) is 15.1 Å². The fraction of sp³-hybridized carbons (Fsp3) is 0.444. The summed E-state index contributed by atoms with van der Waals surface area (Å²) in [6, 6.07) is 0. The molecule has 0 fully saturated rings. The highest BCUT2D eigenvalue weighted by Crippen LogP contribution is 2.16. The number of aromatic carboxylic acids is 1. The number of aromatic nitrogens is 2. The van der Waals surface area contributed by atoms with Crippen LogP contribution in [0.15, 0.2) is 6.20 Å². The lowest BCUT2D eigenvalue weighted by Gasteiger charge is -2.02. The average molecular weight is 256 g/mol. The third-order valence-corrected chi connectivity index (χ3v) is 2.02. The molecule has 0 aromatic carbocycles.